The van der Waals surface area contributed by atoms with Crippen LogP contribution in [0.1, 0.15) is 29.2 Å². The second-order valence-electron chi connectivity index (χ2n) is 5.44. The third-order valence-corrected chi connectivity index (χ3v) is 4.06. The summed E-state index contributed by atoms with van der Waals surface area (Å²) in [7, 11) is 1.70. The van der Waals surface area contributed by atoms with Crippen molar-refractivity contribution in [1.82, 2.24) is 4.90 Å². The molecule has 0 bridgehead atoms. The molecule has 1 aromatic rings. The Morgan fingerprint density at radius 1 is 1.53 bits per heavy atom. The molecule has 104 valence electrons. The van der Waals surface area contributed by atoms with Crippen LogP contribution in [-0.4, -0.2) is 49.3 Å². The molecule has 2 atom stereocenters. The van der Waals surface area contributed by atoms with E-state index < -0.39 is 0 Å². The van der Waals surface area contributed by atoms with Crippen LogP contribution in [0.2, 0.25) is 0 Å². The summed E-state index contributed by atoms with van der Waals surface area (Å²) in [6.07, 6.45) is 1.89. The highest BCUT2D eigenvalue weighted by Crippen LogP contribution is 2.36. The lowest BCUT2D eigenvalue weighted by molar-refractivity contribution is 0.00675. The van der Waals surface area contributed by atoms with E-state index in [0.717, 1.165) is 25.1 Å². The molecule has 0 radical (unpaired) electrons. The molecule has 5 nitrogen and oxygen atoms in total. The van der Waals surface area contributed by atoms with Crippen molar-refractivity contribution in [2.75, 3.05) is 26.8 Å². The SMILES string of the molecule is CO[C@H]1CO[C@@]2(CCN(C(=O)c3ccc(C)o3)C2)C1. The molecule has 1 aromatic heterocycles. The minimum atomic E-state index is -0.210. The summed E-state index contributed by atoms with van der Waals surface area (Å²) in [5, 5.41) is 0. The predicted molar refractivity (Wildman–Crippen MR) is 68.1 cm³/mol. The van der Waals surface area contributed by atoms with Crippen LogP contribution < -0.4 is 0 Å². The number of ether oxygens (including phenoxy) is 2. The summed E-state index contributed by atoms with van der Waals surface area (Å²) in [6.45, 7) is 3.81. The number of hydrogen-bond acceptors (Lipinski definition) is 4. The predicted octanol–water partition coefficient (Wildman–Crippen LogP) is 1.61. The molecule has 5 heteroatoms. The standard InChI is InChI=1S/C14H19NO4/c1-10-3-4-12(19-10)13(16)15-6-5-14(9-15)7-11(17-2)8-18-14/h3-4,11H,5-9H2,1-2H3/t11-,14+/m1/s1. The Hall–Kier alpha value is -1.33. The maximum atomic E-state index is 12.3. The van der Waals surface area contributed by atoms with E-state index >= 15 is 0 Å². The first-order valence-electron chi connectivity index (χ1n) is 6.64. The number of nitrogens with zero attached hydrogens (tertiary/aromatic N) is 1. The molecule has 2 aliphatic heterocycles. The van der Waals surface area contributed by atoms with Crippen molar-refractivity contribution < 1.29 is 18.7 Å². The van der Waals surface area contributed by atoms with Gasteiger partial charge in [-0.15, -0.1) is 0 Å². The van der Waals surface area contributed by atoms with E-state index in [1.807, 2.05) is 17.9 Å². The average Bonchev–Trinajstić information content (AvgIpc) is 3.11. The lowest BCUT2D eigenvalue weighted by Gasteiger charge is -2.22. The molecular formula is C14H19NO4. The lowest BCUT2D eigenvalue weighted by atomic mass is 9.98. The molecule has 2 fully saturated rings. The van der Waals surface area contributed by atoms with Gasteiger partial charge in [0.05, 0.1) is 24.9 Å². The van der Waals surface area contributed by atoms with Gasteiger partial charge < -0.3 is 18.8 Å². The van der Waals surface area contributed by atoms with Crippen molar-refractivity contribution in [3.63, 3.8) is 0 Å². The van der Waals surface area contributed by atoms with Gasteiger partial charge in [-0.1, -0.05) is 0 Å². The van der Waals surface area contributed by atoms with Crippen molar-refractivity contribution in [2.45, 2.75) is 31.5 Å². The summed E-state index contributed by atoms with van der Waals surface area (Å²) in [5.74, 6) is 1.12. The normalized spacial score (nSPS) is 30.4. The van der Waals surface area contributed by atoms with Crippen LogP contribution in [0.3, 0.4) is 0 Å². The molecule has 0 N–H and O–H groups in total. The molecule has 3 rings (SSSR count). The van der Waals surface area contributed by atoms with E-state index in [-0.39, 0.29) is 17.6 Å². The zero-order valence-electron chi connectivity index (χ0n) is 11.3. The number of furan rings is 1. The van der Waals surface area contributed by atoms with E-state index in [0.29, 0.717) is 18.9 Å². The lowest BCUT2D eigenvalue weighted by Crippen LogP contribution is -2.35. The molecule has 0 aliphatic carbocycles. The summed E-state index contributed by atoms with van der Waals surface area (Å²) >= 11 is 0. The minimum absolute atomic E-state index is 0.0468. The Balaban J connectivity index is 1.68. The van der Waals surface area contributed by atoms with Crippen molar-refractivity contribution in [3.8, 4) is 0 Å². The number of hydrogen-bond donors (Lipinski definition) is 0. The Labute approximate surface area is 112 Å². The van der Waals surface area contributed by atoms with Gasteiger partial charge in [0.25, 0.3) is 5.91 Å². The van der Waals surface area contributed by atoms with Gasteiger partial charge >= 0.3 is 0 Å². The van der Waals surface area contributed by atoms with Crippen LogP contribution >= 0.6 is 0 Å². The van der Waals surface area contributed by atoms with Gasteiger partial charge in [0.2, 0.25) is 0 Å². The molecule has 3 heterocycles. The fraction of sp³-hybridized carbons (Fsp3) is 0.643. The monoisotopic (exact) mass is 265 g/mol. The third kappa shape index (κ3) is 2.28. The second kappa shape index (κ2) is 4.65. The number of aryl methyl sites for hydroxylation is 1. The fourth-order valence-electron chi connectivity index (χ4n) is 2.96. The molecule has 1 spiro atoms. The van der Waals surface area contributed by atoms with Crippen LogP contribution in [0.25, 0.3) is 0 Å². The number of likely N-dealkylation sites (tertiary alicyclic amines) is 1. The van der Waals surface area contributed by atoms with Gasteiger partial charge in [-0.25, -0.2) is 0 Å². The van der Waals surface area contributed by atoms with Gasteiger partial charge in [-0.2, -0.15) is 0 Å². The average molecular weight is 265 g/mol. The number of amides is 1. The molecular weight excluding hydrogens is 246 g/mol. The van der Waals surface area contributed by atoms with Crippen molar-refractivity contribution in [3.05, 3.63) is 23.7 Å². The van der Waals surface area contributed by atoms with Crippen LogP contribution in [0.15, 0.2) is 16.5 Å². The Morgan fingerprint density at radius 2 is 2.37 bits per heavy atom. The van der Waals surface area contributed by atoms with Crippen LogP contribution in [-0.2, 0) is 9.47 Å². The minimum Gasteiger partial charge on any atom is -0.456 e. The van der Waals surface area contributed by atoms with E-state index in [1.54, 1.807) is 13.2 Å². The van der Waals surface area contributed by atoms with Crippen LogP contribution in [0, 0.1) is 6.92 Å². The topological polar surface area (TPSA) is 51.9 Å². The molecule has 19 heavy (non-hydrogen) atoms. The number of carbonyl (C=O) groups is 1. The van der Waals surface area contributed by atoms with Crippen molar-refractivity contribution in [2.24, 2.45) is 0 Å². The van der Waals surface area contributed by atoms with Crippen molar-refractivity contribution in [1.29, 1.82) is 0 Å². The maximum Gasteiger partial charge on any atom is 0.289 e. The second-order valence-corrected chi connectivity index (χ2v) is 5.44. The number of carbonyl (C=O) groups excluding carboxylic acids is 1. The number of methoxy groups -OCH3 is 1. The summed E-state index contributed by atoms with van der Waals surface area (Å²) in [6, 6.07) is 3.54. The van der Waals surface area contributed by atoms with Crippen LogP contribution in [0.4, 0.5) is 0 Å². The zero-order valence-corrected chi connectivity index (χ0v) is 11.3. The molecule has 0 aromatic carbocycles. The molecule has 2 aliphatic rings. The Bertz CT molecular complexity index is 484. The Morgan fingerprint density at radius 3 is 3.00 bits per heavy atom. The van der Waals surface area contributed by atoms with Crippen LogP contribution in [0.5, 0.6) is 0 Å². The first kappa shape index (κ1) is 12.7. The highest BCUT2D eigenvalue weighted by molar-refractivity contribution is 5.91. The van der Waals surface area contributed by atoms with E-state index in [2.05, 4.69) is 0 Å². The van der Waals surface area contributed by atoms with Gasteiger partial charge in [0, 0.05) is 20.1 Å². The van der Waals surface area contributed by atoms with E-state index in [1.165, 1.54) is 0 Å². The highest BCUT2D eigenvalue weighted by Gasteiger charge is 2.47. The fourth-order valence-corrected chi connectivity index (χ4v) is 2.96. The molecule has 0 unspecified atom stereocenters. The largest absolute Gasteiger partial charge is 0.456 e. The number of rotatable bonds is 2. The molecule has 2 saturated heterocycles. The van der Waals surface area contributed by atoms with E-state index in [4.69, 9.17) is 13.9 Å². The zero-order chi connectivity index (χ0) is 13.5. The first-order chi connectivity index (χ1) is 9.12. The maximum absolute atomic E-state index is 12.3. The van der Waals surface area contributed by atoms with Gasteiger partial charge in [-0.05, 0) is 25.5 Å². The van der Waals surface area contributed by atoms with Gasteiger partial charge in [0.1, 0.15) is 5.76 Å². The molecule has 0 saturated carbocycles. The quantitative estimate of drug-likeness (QED) is 0.815. The summed E-state index contributed by atoms with van der Waals surface area (Å²) < 4.78 is 16.6. The summed E-state index contributed by atoms with van der Waals surface area (Å²) in [5.41, 5.74) is -0.210. The smallest absolute Gasteiger partial charge is 0.289 e. The highest BCUT2D eigenvalue weighted by atomic mass is 16.6. The first-order valence-corrected chi connectivity index (χ1v) is 6.64. The van der Waals surface area contributed by atoms with Crippen molar-refractivity contribution >= 4 is 5.91 Å². The van der Waals surface area contributed by atoms with Gasteiger partial charge in [-0.3, -0.25) is 4.79 Å². The summed E-state index contributed by atoms with van der Waals surface area (Å²) in [4.78, 5) is 14.1. The van der Waals surface area contributed by atoms with Gasteiger partial charge in [0.15, 0.2) is 5.76 Å². The third-order valence-electron chi connectivity index (χ3n) is 4.06. The Kier molecular flexibility index (Phi) is 3.11. The van der Waals surface area contributed by atoms with E-state index in [9.17, 15) is 4.79 Å². The molecule has 1 amide bonds.